The Morgan fingerprint density at radius 2 is 1.87 bits per heavy atom. The molecule has 1 aliphatic heterocycles. The first-order chi connectivity index (χ1) is 17.7. The molecule has 1 aromatic carbocycles. The minimum absolute atomic E-state index is 0.00637. The molecule has 38 heavy (non-hydrogen) atoms. The number of nitrogens with zero attached hydrogens (tertiary/aromatic N) is 4. The van der Waals surface area contributed by atoms with E-state index in [0.717, 1.165) is 17.2 Å². The SMILES string of the molecule is CS(=O)(=O)c1ccc(CC(OC[C@H]2O[C@@H](n3cnc4c(N)nc(Cl)nc43)[C@@H](F)[C@@H]2O)(C(=O)O)C(=O)O)cc1. The molecule has 0 bridgehead atoms. The zero-order valence-electron chi connectivity index (χ0n) is 19.4. The molecule has 17 heteroatoms. The lowest BCUT2D eigenvalue weighted by Gasteiger charge is -2.27. The smallest absolute Gasteiger partial charge is 0.348 e. The molecule has 0 amide bonds. The van der Waals surface area contributed by atoms with Gasteiger partial charge in [0.1, 0.15) is 17.7 Å². The number of halogens is 2. The van der Waals surface area contributed by atoms with Gasteiger partial charge in [-0.05, 0) is 29.3 Å². The maximum absolute atomic E-state index is 15.1. The fraction of sp³-hybridized carbons (Fsp3) is 0.381. The monoisotopic (exact) mass is 573 g/mol. The summed E-state index contributed by atoms with van der Waals surface area (Å²) in [5, 5.41) is 29.7. The third kappa shape index (κ3) is 5.00. The van der Waals surface area contributed by atoms with E-state index in [9.17, 15) is 33.3 Å². The fourth-order valence-electron chi connectivity index (χ4n) is 3.95. The summed E-state index contributed by atoms with van der Waals surface area (Å²) in [6, 6.07) is 4.88. The van der Waals surface area contributed by atoms with Crippen LogP contribution in [0.5, 0.6) is 0 Å². The molecular weight excluding hydrogens is 553 g/mol. The predicted molar refractivity (Wildman–Crippen MR) is 127 cm³/mol. The summed E-state index contributed by atoms with van der Waals surface area (Å²) < 4.78 is 50.3. The van der Waals surface area contributed by atoms with Gasteiger partial charge in [0.25, 0.3) is 5.60 Å². The number of aromatic nitrogens is 4. The zero-order chi connectivity index (χ0) is 28.0. The van der Waals surface area contributed by atoms with E-state index in [2.05, 4.69) is 15.0 Å². The Bertz CT molecular complexity index is 1490. The number of imidazole rings is 1. The Hall–Kier alpha value is -3.44. The summed E-state index contributed by atoms with van der Waals surface area (Å²) in [7, 11) is -3.54. The van der Waals surface area contributed by atoms with Crippen molar-refractivity contribution in [3.05, 3.63) is 41.4 Å². The number of anilines is 1. The highest BCUT2D eigenvalue weighted by Gasteiger charge is 2.52. The van der Waals surface area contributed by atoms with Gasteiger partial charge in [-0.1, -0.05) is 12.1 Å². The van der Waals surface area contributed by atoms with Crippen LogP contribution in [0.3, 0.4) is 0 Å². The summed E-state index contributed by atoms with van der Waals surface area (Å²) in [5.74, 6) is -3.83. The van der Waals surface area contributed by atoms with Gasteiger partial charge < -0.3 is 30.5 Å². The summed E-state index contributed by atoms with van der Waals surface area (Å²) in [5.41, 5.74) is 3.12. The number of ether oxygens (including phenoxy) is 2. The van der Waals surface area contributed by atoms with E-state index in [4.69, 9.17) is 26.8 Å². The van der Waals surface area contributed by atoms with Gasteiger partial charge in [0.2, 0.25) is 5.28 Å². The van der Waals surface area contributed by atoms with Crippen LogP contribution in [0.15, 0.2) is 35.5 Å². The van der Waals surface area contributed by atoms with Crippen molar-refractivity contribution in [3.63, 3.8) is 0 Å². The number of nitrogens with two attached hydrogens (primary N) is 1. The molecule has 0 aliphatic carbocycles. The molecule has 3 aromatic rings. The Labute approximate surface area is 218 Å². The van der Waals surface area contributed by atoms with Crippen molar-refractivity contribution in [1.29, 1.82) is 0 Å². The Kier molecular flexibility index (Phi) is 7.28. The number of carboxylic acid groups (broad SMARTS) is 2. The number of rotatable bonds is 9. The summed E-state index contributed by atoms with van der Waals surface area (Å²) >= 11 is 5.82. The third-order valence-corrected chi connectivity index (χ3v) is 7.28. The van der Waals surface area contributed by atoms with Gasteiger partial charge >= 0.3 is 11.9 Å². The van der Waals surface area contributed by atoms with Crippen molar-refractivity contribution >= 4 is 50.4 Å². The van der Waals surface area contributed by atoms with E-state index in [1.807, 2.05) is 0 Å². The number of carbonyl (C=O) groups is 2. The molecule has 3 heterocycles. The average molecular weight is 574 g/mol. The van der Waals surface area contributed by atoms with Crippen molar-refractivity contribution in [2.24, 2.45) is 0 Å². The Morgan fingerprint density at radius 3 is 2.45 bits per heavy atom. The highest BCUT2D eigenvalue weighted by atomic mass is 35.5. The maximum Gasteiger partial charge on any atom is 0.348 e. The van der Waals surface area contributed by atoms with E-state index in [0.29, 0.717) is 0 Å². The lowest BCUT2D eigenvalue weighted by Crippen LogP contribution is -2.52. The molecule has 0 radical (unpaired) electrons. The molecule has 0 spiro atoms. The lowest BCUT2D eigenvalue weighted by atomic mass is 9.94. The minimum atomic E-state index is -3.54. The molecule has 4 atom stereocenters. The molecule has 1 saturated heterocycles. The first-order valence-corrected chi connectivity index (χ1v) is 13.0. The number of hydrogen-bond donors (Lipinski definition) is 4. The van der Waals surface area contributed by atoms with E-state index >= 15 is 4.39 Å². The van der Waals surface area contributed by atoms with E-state index in [-0.39, 0.29) is 32.7 Å². The summed E-state index contributed by atoms with van der Waals surface area (Å²) in [4.78, 5) is 35.8. The van der Waals surface area contributed by atoms with Gasteiger partial charge in [0, 0.05) is 12.7 Å². The summed E-state index contributed by atoms with van der Waals surface area (Å²) in [6.45, 7) is -0.831. The number of sulfone groups is 1. The van der Waals surface area contributed by atoms with Crippen LogP contribution >= 0.6 is 11.6 Å². The molecular formula is C21H21ClFN5O9S. The molecule has 0 saturated carbocycles. The number of aliphatic hydroxyl groups is 1. The van der Waals surface area contributed by atoms with Crippen molar-refractivity contribution < 1.29 is 47.2 Å². The quantitative estimate of drug-likeness (QED) is 0.199. The van der Waals surface area contributed by atoms with Gasteiger partial charge in [0.05, 0.1) is 17.8 Å². The second kappa shape index (κ2) is 10.0. The highest BCUT2D eigenvalue weighted by molar-refractivity contribution is 7.90. The number of alkyl halides is 1. The zero-order valence-corrected chi connectivity index (χ0v) is 21.0. The molecule has 204 valence electrons. The van der Waals surface area contributed by atoms with E-state index < -0.39 is 65.0 Å². The molecule has 4 rings (SSSR count). The second-order valence-corrected chi connectivity index (χ2v) is 10.9. The first kappa shape index (κ1) is 27.6. The lowest BCUT2D eigenvalue weighted by molar-refractivity contribution is -0.190. The summed E-state index contributed by atoms with van der Waals surface area (Å²) in [6.07, 6.45) is -5.53. The van der Waals surface area contributed by atoms with Gasteiger partial charge in [0.15, 0.2) is 33.7 Å². The van der Waals surface area contributed by atoms with E-state index in [1.54, 1.807) is 0 Å². The van der Waals surface area contributed by atoms with Crippen molar-refractivity contribution in [2.75, 3.05) is 18.6 Å². The van der Waals surface area contributed by atoms with Crippen LogP contribution in [0, 0.1) is 0 Å². The number of fused-ring (bicyclic) bond motifs is 1. The van der Waals surface area contributed by atoms with Crippen LogP contribution < -0.4 is 5.73 Å². The first-order valence-electron chi connectivity index (χ1n) is 10.8. The molecule has 5 N–H and O–H groups in total. The predicted octanol–water partition coefficient (Wildman–Crippen LogP) is 0.229. The number of aliphatic hydroxyl groups excluding tert-OH is 1. The number of aliphatic carboxylic acids is 2. The van der Waals surface area contributed by atoms with Crippen LogP contribution in [-0.2, 0) is 35.3 Å². The second-order valence-electron chi connectivity index (χ2n) is 8.54. The minimum Gasteiger partial charge on any atom is -0.479 e. The van der Waals surface area contributed by atoms with Gasteiger partial charge in [-0.25, -0.2) is 27.4 Å². The van der Waals surface area contributed by atoms with Crippen LogP contribution in [0.2, 0.25) is 5.28 Å². The topological polar surface area (TPSA) is 217 Å². The van der Waals surface area contributed by atoms with Crippen LogP contribution in [0.4, 0.5) is 10.2 Å². The number of nitrogen functional groups attached to an aromatic ring is 1. The third-order valence-electron chi connectivity index (χ3n) is 5.98. The Balaban J connectivity index is 1.56. The van der Waals surface area contributed by atoms with Gasteiger partial charge in [-0.3, -0.25) is 4.57 Å². The van der Waals surface area contributed by atoms with Crippen LogP contribution in [0.1, 0.15) is 11.8 Å². The van der Waals surface area contributed by atoms with Crippen molar-refractivity contribution in [1.82, 2.24) is 19.5 Å². The normalized spacial score (nSPS) is 22.1. The molecule has 2 aromatic heterocycles. The van der Waals surface area contributed by atoms with E-state index in [1.165, 1.54) is 24.3 Å². The number of hydrogen-bond acceptors (Lipinski definition) is 11. The molecule has 0 unspecified atom stereocenters. The number of carboxylic acids is 2. The van der Waals surface area contributed by atoms with Crippen molar-refractivity contribution in [2.45, 2.75) is 41.5 Å². The fourth-order valence-corrected chi connectivity index (χ4v) is 4.75. The van der Waals surface area contributed by atoms with Crippen molar-refractivity contribution in [3.8, 4) is 0 Å². The van der Waals surface area contributed by atoms with Crippen LogP contribution in [-0.4, -0.2) is 92.0 Å². The highest BCUT2D eigenvalue weighted by Crippen LogP contribution is 2.35. The Morgan fingerprint density at radius 1 is 1.24 bits per heavy atom. The average Bonchev–Trinajstić information content (AvgIpc) is 3.37. The van der Waals surface area contributed by atoms with Gasteiger partial charge in [-0.15, -0.1) is 0 Å². The standard InChI is InChI=1S/C21H21ClFN5O9S/c1-38(34,35)10-4-2-9(3-5-10)6-21(18(30)31,19(32)33)36-7-11-14(29)12(23)17(37-11)28-8-25-13-15(24)26-20(22)27-16(13)28/h2-5,8,11-12,14,17,29H,6-7H2,1H3,(H,30,31)(H,32,33)(H2,24,26,27)/t11-,12+,14-,17-/m1/s1. The largest absolute Gasteiger partial charge is 0.479 e. The molecule has 14 nitrogen and oxygen atoms in total. The molecule has 1 fully saturated rings. The van der Waals surface area contributed by atoms with Gasteiger partial charge in [-0.2, -0.15) is 9.97 Å². The molecule has 1 aliphatic rings. The maximum atomic E-state index is 15.1. The number of benzene rings is 1. The van der Waals surface area contributed by atoms with Crippen LogP contribution in [0.25, 0.3) is 11.2 Å².